The fourth-order valence-electron chi connectivity index (χ4n) is 4.22. The van der Waals surface area contributed by atoms with Crippen molar-refractivity contribution >= 4 is 33.3 Å². The first kappa shape index (κ1) is 15.5. The molecule has 0 aliphatic heterocycles. The Morgan fingerprint density at radius 2 is 1.82 bits per heavy atom. The van der Waals surface area contributed by atoms with Gasteiger partial charge >= 0.3 is 0 Å². The predicted molar refractivity (Wildman–Crippen MR) is 89.5 cm³/mol. The summed E-state index contributed by atoms with van der Waals surface area (Å²) in [5, 5.41) is 0. The van der Waals surface area contributed by atoms with Gasteiger partial charge in [-0.15, -0.1) is 0 Å². The topological polar surface area (TPSA) is 58.2 Å². The van der Waals surface area contributed by atoms with Gasteiger partial charge in [0.05, 0.1) is 15.9 Å². The number of carbonyl (C=O) groups excluding carboxylic acids is 2. The van der Waals surface area contributed by atoms with Crippen molar-refractivity contribution in [3.8, 4) is 0 Å². The van der Waals surface area contributed by atoms with Gasteiger partial charge in [-0.1, -0.05) is 54.9 Å². The molecule has 3 rings (SSSR count). The van der Waals surface area contributed by atoms with Gasteiger partial charge in [0.2, 0.25) is 5.91 Å². The second-order valence-electron chi connectivity index (χ2n) is 7.10. The monoisotopic (exact) mass is 364 g/mol. The average molecular weight is 365 g/mol. The van der Waals surface area contributed by atoms with Crippen LogP contribution in [-0.4, -0.2) is 16.5 Å². The van der Waals surface area contributed by atoms with E-state index in [0.717, 1.165) is 18.5 Å². The Bertz CT molecular complexity index is 631. The first-order valence-electron chi connectivity index (χ1n) is 7.57. The third kappa shape index (κ3) is 1.69. The van der Waals surface area contributed by atoms with Gasteiger partial charge in [0.1, 0.15) is 0 Å². The molecule has 2 bridgehead atoms. The number of hydrogen-bond acceptors (Lipinski definition) is 3. The summed E-state index contributed by atoms with van der Waals surface area (Å²) in [6.45, 7) is 6.08. The number of halogens is 1. The van der Waals surface area contributed by atoms with Crippen molar-refractivity contribution in [3.63, 3.8) is 0 Å². The van der Waals surface area contributed by atoms with Crippen LogP contribution in [0, 0.1) is 16.2 Å². The third-order valence-corrected chi connectivity index (χ3v) is 7.42. The molecule has 2 aliphatic rings. The summed E-state index contributed by atoms with van der Waals surface area (Å²) in [6, 6.07) is 9.48. The van der Waals surface area contributed by atoms with Crippen LogP contribution in [0.1, 0.15) is 33.6 Å². The number of amides is 1. The quantitative estimate of drug-likeness (QED) is 0.638. The largest absolute Gasteiger partial charge is 0.299 e. The summed E-state index contributed by atoms with van der Waals surface area (Å²) in [7, 11) is 0. The lowest BCUT2D eigenvalue weighted by Gasteiger charge is -2.39. The second kappa shape index (κ2) is 4.82. The van der Waals surface area contributed by atoms with Crippen molar-refractivity contribution in [2.75, 3.05) is 5.43 Å². The van der Waals surface area contributed by atoms with Crippen LogP contribution in [0.3, 0.4) is 0 Å². The molecule has 1 aromatic carbocycles. The Balaban J connectivity index is 1.87. The lowest BCUT2D eigenvalue weighted by atomic mass is 9.64. The van der Waals surface area contributed by atoms with E-state index < -0.39 is 15.7 Å². The van der Waals surface area contributed by atoms with E-state index in [4.69, 9.17) is 0 Å². The highest BCUT2D eigenvalue weighted by Gasteiger charge is 2.76. The Morgan fingerprint density at radius 1 is 1.18 bits per heavy atom. The molecule has 0 radical (unpaired) electrons. The smallest absolute Gasteiger partial charge is 0.246 e. The number of Topliss-reactive ketones (excluding diaryl/α,β-unsaturated/α-hetero) is 1. The summed E-state index contributed by atoms with van der Waals surface area (Å²) >= 11 is 3.52. The normalized spacial score (nSPS) is 35.5. The van der Waals surface area contributed by atoms with E-state index in [1.165, 1.54) is 0 Å². The molecule has 1 aromatic rings. The molecule has 3 atom stereocenters. The number of rotatable bonds is 3. The van der Waals surface area contributed by atoms with Crippen LogP contribution in [0.2, 0.25) is 0 Å². The average Bonchev–Trinajstić information content (AvgIpc) is 2.78. The van der Waals surface area contributed by atoms with Crippen molar-refractivity contribution in [2.45, 2.75) is 38.4 Å². The van der Waals surface area contributed by atoms with Gasteiger partial charge in [0.15, 0.2) is 5.78 Å². The molecule has 0 unspecified atom stereocenters. The first-order valence-corrected chi connectivity index (χ1v) is 8.49. The summed E-state index contributed by atoms with van der Waals surface area (Å²) < 4.78 is 0. The van der Waals surface area contributed by atoms with Crippen LogP contribution >= 0.6 is 15.9 Å². The molecular formula is C17H21BrN2O2. The zero-order valence-corrected chi connectivity index (χ0v) is 14.7. The number of ketones is 1. The molecule has 5 heteroatoms. The van der Waals surface area contributed by atoms with Gasteiger partial charge in [-0.25, -0.2) is 0 Å². The number of benzene rings is 1. The molecule has 2 saturated carbocycles. The molecule has 2 N–H and O–H groups in total. The maximum Gasteiger partial charge on any atom is 0.246 e. The zero-order chi connectivity index (χ0) is 16.2. The number of para-hydroxylation sites is 1. The third-order valence-electron chi connectivity index (χ3n) is 6.22. The lowest BCUT2D eigenvalue weighted by molar-refractivity contribution is -0.135. The van der Waals surface area contributed by atoms with Gasteiger partial charge in [-0.2, -0.15) is 0 Å². The van der Waals surface area contributed by atoms with E-state index in [9.17, 15) is 9.59 Å². The number of nitrogens with one attached hydrogen (secondary N) is 2. The maximum absolute atomic E-state index is 13.0. The van der Waals surface area contributed by atoms with Crippen LogP contribution in [0.25, 0.3) is 0 Å². The minimum Gasteiger partial charge on any atom is -0.299 e. The Hall–Kier alpha value is -1.36. The highest BCUT2D eigenvalue weighted by Crippen LogP contribution is 2.72. The molecule has 0 spiro atoms. The Morgan fingerprint density at radius 3 is 2.36 bits per heavy atom. The highest BCUT2D eigenvalue weighted by molar-refractivity contribution is 9.10. The Labute approximate surface area is 139 Å². The molecule has 2 fully saturated rings. The predicted octanol–water partition coefficient (Wildman–Crippen LogP) is 3.29. The molecule has 118 valence electrons. The van der Waals surface area contributed by atoms with Crippen LogP contribution < -0.4 is 10.9 Å². The molecule has 0 aromatic heterocycles. The van der Waals surface area contributed by atoms with Gasteiger partial charge in [-0.3, -0.25) is 20.4 Å². The number of fused-ring (bicyclic) bond motifs is 2. The number of anilines is 1. The number of alkyl halides is 1. The molecule has 4 nitrogen and oxygen atoms in total. The minimum atomic E-state index is -0.708. The van der Waals surface area contributed by atoms with Gasteiger partial charge in [0, 0.05) is 5.41 Å². The van der Waals surface area contributed by atoms with E-state index in [0.29, 0.717) is 0 Å². The summed E-state index contributed by atoms with van der Waals surface area (Å²) in [6.07, 6.45) is 1.49. The van der Waals surface area contributed by atoms with E-state index in [2.05, 4.69) is 26.8 Å². The Kier molecular flexibility index (Phi) is 3.40. The molecule has 1 amide bonds. The highest BCUT2D eigenvalue weighted by atomic mass is 79.9. The summed E-state index contributed by atoms with van der Waals surface area (Å²) in [5.41, 5.74) is 5.06. The maximum atomic E-state index is 13.0. The van der Waals surface area contributed by atoms with Gasteiger partial charge < -0.3 is 0 Å². The lowest BCUT2D eigenvalue weighted by Crippen LogP contribution is -2.52. The first-order chi connectivity index (χ1) is 10.3. The number of carbonyl (C=O) groups is 2. The van der Waals surface area contributed by atoms with Crippen molar-refractivity contribution in [3.05, 3.63) is 30.3 Å². The van der Waals surface area contributed by atoms with Crippen molar-refractivity contribution in [2.24, 2.45) is 16.2 Å². The zero-order valence-electron chi connectivity index (χ0n) is 13.1. The fourth-order valence-corrected chi connectivity index (χ4v) is 5.73. The van der Waals surface area contributed by atoms with Crippen molar-refractivity contribution in [1.82, 2.24) is 5.43 Å². The van der Waals surface area contributed by atoms with Crippen molar-refractivity contribution < 1.29 is 9.59 Å². The van der Waals surface area contributed by atoms with E-state index >= 15 is 0 Å². The number of hydrazine groups is 1. The van der Waals surface area contributed by atoms with E-state index in [1.54, 1.807) is 0 Å². The standard InChI is InChI=1S/C17H21BrN2O2/c1-15(2)16(3)9-10-17(15,12(18)13(16)21)14(22)20-19-11-7-5-4-6-8-11/h4-8,12,19H,9-10H2,1-3H3,(H,20,22)/t12-,16-,17+/m1/s1. The van der Waals surface area contributed by atoms with Crippen LogP contribution in [0.5, 0.6) is 0 Å². The van der Waals surface area contributed by atoms with Crippen LogP contribution in [0.4, 0.5) is 5.69 Å². The van der Waals surface area contributed by atoms with Gasteiger partial charge in [-0.05, 0) is 30.4 Å². The van der Waals surface area contributed by atoms with Crippen molar-refractivity contribution in [1.29, 1.82) is 0 Å². The fraction of sp³-hybridized carbons (Fsp3) is 0.529. The second-order valence-corrected chi connectivity index (χ2v) is 8.02. The minimum absolute atomic E-state index is 0.113. The summed E-state index contributed by atoms with van der Waals surface area (Å²) in [4.78, 5) is 25.2. The molecule has 0 saturated heterocycles. The molecule has 0 heterocycles. The summed E-state index contributed by atoms with van der Waals surface area (Å²) in [5.74, 6) is 0.0383. The van der Waals surface area contributed by atoms with Crippen LogP contribution in [-0.2, 0) is 9.59 Å². The van der Waals surface area contributed by atoms with Gasteiger partial charge in [0.25, 0.3) is 0 Å². The van der Waals surface area contributed by atoms with E-state index in [1.807, 2.05) is 51.1 Å². The molecule has 22 heavy (non-hydrogen) atoms. The molecular weight excluding hydrogens is 344 g/mol. The van der Waals surface area contributed by atoms with E-state index in [-0.39, 0.29) is 17.1 Å². The molecule has 2 aliphatic carbocycles. The number of hydrogen-bond donors (Lipinski definition) is 2. The van der Waals surface area contributed by atoms with Crippen LogP contribution in [0.15, 0.2) is 30.3 Å². The SMILES string of the molecule is CC1(C)[C@]2(C)CC[C@@]1(C(=O)NNc1ccccc1)[C@H](Br)C2=O.